The quantitative estimate of drug-likeness (QED) is 0.656. The van der Waals surface area contributed by atoms with Crippen LogP contribution in [0, 0.1) is 0 Å². The Kier molecular flexibility index (Phi) is 5.74. The van der Waals surface area contributed by atoms with Crippen molar-refractivity contribution in [3.05, 3.63) is 53.4 Å². The zero-order valence-electron chi connectivity index (χ0n) is 16.5. The molecule has 1 atom stereocenters. The lowest BCUT2D eigenvalue weighted by molar-refractivity contribution is -0.121. The predicted octanol–water partition coefficient (Wildman–Crippen LogP) is 4.70. The highest BCUT2D eigenvalue weighted by Crippen LogP contribution is 2.31. The minimum Gasteiger partial charge on any atom is -0.495 e. The molecule has 0 aliphatic carbocycles. The van der Waals surface area contributed by atoms with E-state index in [1.165, 1.54) is 0 Å². The van der Waals surface area contributed by atoms with Gasteiger partial charge in [-0.05, 0) is 63.2 Å². The molecule has 0 saturated carbocycles. The van der Waals surface area contributed by atoms with Crippen LogP contribution in [-0.4, -0.2) is 42.0 Å². The summed E-state index contributed by atoms with van der Waals surface area (Å²) in [5.41, 5.74) is 2.31. The Bertz CT molecular complexity index is 978. The maximum atomic E-state index is 12.8. The van der Waals surface area contributed by atoms with Crippen molar-refractivity contribution < 1.29 is 13.9 Å². The number of oxazole rings is 1. The molecule has 1 aliphatic heterocycles. The average molecular weight is 414 g/mol. The van der Waals surface area contributed by atoms with Crippen LogP contribution < -0.4 is 10.1 Å². The molecule has 2 heterocycles. The molecule has 0 bridgehead atoms. The third-order valence-corrected chi connectivity index (χ3v) is 5.77. The minimum absolute atomic E-state index is 0.0779. The van der Waals surface area contributed by atoms with Gasteiger partial charge in [-0.2, -0.15) is 0 Å². The molecule has 152 valence electrons. The van der Waals surface area contributed by atoms with Crippen LogP contribution in [0.25, 0.3) is 11.1 Å². The molecule has 4 rings (SSSR count). The third-order valence-electron chi connectivity index (χ3n) is 5.54. The number of hydrogen-bond acceptors (Lipinski definition) is 5. The number of rotatable bonds is 5. The van der Waals surface area contributed by atoms with E-state index in [0.29, 0.717) is 16.5 Å². The monoisotopic (exact) mass is 413 g/mol. The fourth-order valence-electron chi connectivity index (χ4n) is 3.78. The first-order valence-electron chi connectivity index (χ1n) is 9.79. The van der Waals surface area contributed by atoms with Gasteiger partial charge in [0.2, 0.25) is 5.91 Å². The predicted molar refractivity (Wildman–Crippen MR) is 114 cm³/mol. The summed E-state index contributed by atoms with van der Waals surface area (Å²) < 4.78 is 11.2. The topological polar surface area (TPSA) is 67.6 Å². The molecule has 1 amide bonds. The van der Waals surface area contributed by atoms with Gasteiger partial charge >= 0.3 is 0 Å². The number of likely N-dealkylation sites (tertiary alicyclic amines) is 1. The van der Waals surface area contributed by atoms with E-state index in [-0.39, 0.29) is 17.9 Å². The van der Waals surface area contributed by atoms with Crippen molar-refractivity contribution >= 4 is 34.3 Å². The zero-order valence-corrected chi connectivity index (χ0v) is 17.3. The first-order chi connectivity index (χ1) is 14.0. The molecule has 7 heteroatoms. The Morgan fingerprint density at radius 3 is 2.76 bits per heavy atom. The van der Waals surface area contributed by atoms with E-state index >= 15 is 0 Å². The second kappa shape index (κ2) is 8.43. The Hall–Kier alpha value is -2.57. The minimum atomic E-state index is -0.261. The molecule has 2 aromatic carbocycles. The van der Waals surface area contributed by atoms with Crippen LogP contribution in [0.1, 0.15) is 31.6 Å². The Morgan fingerprint density at radius 1 is 1.28 bits per heavy atom. The van der Waals surface area contributed by atoms with Gasteiger partial charge < -0.3 is 14.5 Å². The van der Waals surface area contributed by atoms with Crippen molar-refractivity contribution in [2.45, 2.75) is 31.7 Å². The van der Waals surface area contributed by atoms with Crippen LogP contribution in [0.3, 0.4) is 0 Å². The number of carbonyl (C=O) groups excluding carboxylic acids is 1. The molecule has 6 nitrogen and oxygen atoms in total. The normalized spacial score (nSPS) is 16.7. The number of anilines is 1. The van der Waals surface area contributed by atoms with Gasteiger partial charge in [-0.25, -0.2) is 4.98 Å². The number of halogens is 1. The van der Waals surface area contributed by atoms with Crippen molar-refractivity contribution in [1.82, 2.24) is 9.88 Å². The van der Waals surface area contributed by atoms with E-state index in [2.05, 4.69) is 15.2 Å². The van der Waals surface area contributed by atoms with Gasteiger partial charge in [-0.3, -0.25) is 9.69 Å². The number of hydrogen-bond donors (Lipinski definition) is 1. The maximum Gasteiger partial charge on any atom is 0.241 e. The molecule has 1 aromatic heterocycles. The standard InChI is InChI=1S/C22H24ClN3O3/c1-14(21(27)24-18-13-16(23)7-8-19(18)28-2)26-11-9-15(10-12-26)22-25-17-5-3-4-6-20(17)29-22/h3-8,13-15H,9-12H2,1-2H3,(H,24,27). The highest BCUT2D eigenvalue weighted by Gasteiger charge is 2.29. The van der Waals surface area contributed by atoms with Gasteiger partial charge in [0.15, 0.2) is 11.5 Å². The fourth-order valence-corrected chi connectivity index (χ4v) is 3.95. The van der Waals surface area contributed by atoms with Crippen LogP contribution >= 0.6 is 11.6 Å². The van der Waals surface area contributed by atoms with Crippen molar-refractivity contribution in [1.29, 1.82) is 0 Å². The molecule has 3 aromatic rings. The van der Waals surface area contributed by atoms with E-state index in [1.807, 2.05) is 31.2 Å². The number of nitrogens with zero attached hydrogens (tertiary/aromatic N) is 2. The van der Waals surface area contributed by atoms with Gasteiger partial charge in [-0.1, -0.05) is 23.7 Å². The first-order valence-corrected chi connectivity index (χ1v) is 10.2. The summed E-state index contributed by atoms with van der Waals surface area (Å²) in [5, 5.41) is 3.49. The van der Waals surface area contributed by atoms with Gasteiger partial charge in [0, 0.05) is 10.9 Å². The van der Waals surface area contributed by atoms with Crippen LogP contribution in [-0.2, 0) is 4.79 Å². The average Bonchev–Trinajstić information content (AvgIpc) is 3.18. The van der Waals surface area contributed by atoms with Gasteiger partial charge in [0.25, 0.3) is 0 Å². The maximum absolute atomic E-state index is 12.8. The van der Waals surface area contributed by atoms with Gasteiger partial charge in [-0.15, -0.1) is 0 Å². The van der Waals surface area contributed by atoms with Crippen molar-refractivity contribution in [2.24, 2.45) is 0 Å². The lowest BCUT2D eigenvalue weighted by Gasteiger charge is -2.34. The van der Waals surface area contributed by atoms with Crippen LogP contribution in [0.2, 0.25) is 5.02 Å². The number of methoxy groups -OCH3 is 1. The Morgan fingerprint density at radius 2 is 2.03 bits per heavy atom. The molecule has 29 heavy (non-hydrogen) atoms. The summed E-state index contributed by atoms with van der Waals surface area (Å²) in [6.07, 6.45) is 1.82. The highest BCUT2D eigenvalue weighted by molar-refractivity contribution is 6.31. The number of nitrogens with one attached hydrogen (secondary N) is 1. The summed E-state index contributed by atoms with van der Waals surface area (Å²) in [7, 11) is 1.57. The van der Waals surface area contributed by atoms with E-state index in [1.54, 1.807) is 25.3 Å². The number of benzene rings is 2. The smallest absolute Gasteiger partial charge is 0.241 e. The molecule has 1 unspecified atom stereocenters. The number of ether oxygens (including phenoxy) is 1. The zero-order chi connectivity index (χ0) is 20.4. The molecule has 1 aliphatic rings. The van der Waals surface area contributed by atoms with Crippen LogP contribution in [0.15, 0.2) is 46.9 Å². The fraction of sp³-hybridized carbons (Fsp3) is 0.364. The summed E-state index contributed by atoms with van der Waals surface area (Å²) in [5.74, 6) is 1.59. The van der Waals surface area contributed by atoms with Gasteiger partial charge in [0.1, 0.15) is 11.3 Å². The van der Waals surface area contributed by atoms with E-state index in [0.717, 1.165) is 42.9 Å². The molecule has 1 N–H and O–H groups in total. The summed E-state index contributed by atoms with van der Waals surface area (Å²) in [4.78, 5) is 19.6. The number of aromatic nitrogens is 1. The van der Waals surface area contributed by atoms with Crippen LogP contribution in [0.5, 0.6) is 5.75 Å². The second-order valence-corrected chi connectivity index (χ2v) is 7.78. The Balaban J connectivity index is 1.37. The molecule has 0 spiro atoms. The SMILES string of the molecule is COc1ccc(Cl)cc1NC(=O)C(C)N1CCC(c2nc3ccccc3o2)CC1. The number of piperidine rings is 1. The van der Waals surface area contributed by atoms with E-state index < -0.39 is 0 Å². The molecular weight excluding hydrogens is 390 g/mol. The number of carbonyl (C=O) groups is 1. The summed E-state index contributed by atoms with van der Waals surface area (Å²) in [6, 6.07) is 12.7. The number of fused-ring (bicyclic) bond motifs is 1. The number of para-hydroxylation sites is 2. The number of amides is 1. The Labute approximate surface area is 174 Å². The third kappa shape index (κ3) is 4.23. The first kappa shape index (κ1) is 19.7. The summed E-state index contributed by atoms with van der Waals surface area (Å²) in [6.45, 7) is 3.54. The highest BCUT2D eigenvalue weighted by atomic mass is 35.5. The van der Waals surface area contributed by atoms with E-state index in [4.69, 9.17) is 20.8 Å². The molecular formula is C22H24ClN3O3. The lowest BCUT2D eigenvalue weighted by atomic mass is 9.95. The molecule has 1 saturated heterocycles. The summed E-state index contributed by atoms with van der Waals surface area (Å²) >= 11 is 6.06. The lowest BCUT2D eigenvalue weighted by Crippen LogP contribution is -2.45. The molecule has 0 radical (unpaired) electrons. The largest absolute Gasteiger partial charge is 0.495 e. The van der Waals surface area contributed by atoms with Gasteiger partial charge in [0.05, 0.1) is 18.8 Å². The van der Waals surface area contributed by atoms with Crippen LogP contribution in [0.4, 0.5) is 5.69 Å². The molecule has 1 fully saturated rings. The second-order valence-electron chi connectivity index (χ2n) is 7.34. The van der Waals surface area contributed by atoms with Crippen molar-refractivity contribution in [2.75, 3.05) is 25.5 Å². The van der Waals surface area contributed by atoms with Crippen molar-refractivity contribution in [3.8, 4) is 5.75 Å². The van der Waals surface area contributed by atoms with Crippen molar-refractivity contribution in [3.63, 3.8) is 0 Å². The van der Waals surface area contributed by atoms with E-state index in [9.17, 15) is 4.79 Å².